The van der Waals surface area contributed by atoms with E-state index in [2.05, 4.69) is 10.6 Å². The third-order valence-electron chi connectivity index (χ3n) is 5.30. The molecule has 8 nitrogen and oxygen atoms in total. The maximum absolute atomic E-state index is 12.6. The Morgan fingerprint density at radius 2 is 2.00 bits per heavy atom. The molecule has 2 aromatic rings. The maximum atomic E-state index is 12.6. The van der Waals surface area contributed by atoms with E-state index < -0.39 is 11.8 Å². The number of hydrogen-bond donors (Lipinski definition) is 3. The summed E-state index contributed by atoms with van der Waals surface area (Å²) in [6.45, 7) is 6.61. The summed E-state index contributed by atoms with van der Waals surface area (Å²) in [6, 6.07) is 7.87. The predicted octanol–water partition coefficient (Wildman–Crippen LogP) is -0.103. The molecule has 29 heavy (non-hydrogen) atoms. The molecular formula is C20H26N5O3S+. The lowest BCUT2D eigenvalue weighted by molar-refractivity contribution is -0.906. The molecule has 1 aromatic heterocycles. The summed E-state index contributed by atoms with van der Waals surface area (Å²) in [5.41, 5.74) is 3.91. The summed E-state index contributed by atoms with van der Waals surface area (Å²) in [6.07, 6.45) is 0. The Labute approximate surface area is 174 Å². The molecule has 1 saturated heterocycles. The minimum Gasteiger partial charge on any atom is -0.370 e. The van der Waals surface area contributed by atoms with Crippen molar-refractivity contribution in [1.82, 2.24) is 15.1 Å². The first-order valence-electron chi connectivity index (χ1n) is 9.88. The Balaban J connectivity index is 1.43. The Kier molecular flexibility index (Phi) is 6.17. The van der Waals surface area contributed by atoms with Crippen LogP contribution >= 0.6 is 11.8 Å². The molecule has 0 saturated carbocycles. The zero-order valence-electron chi connectivity index (χ0n) is 16.5. The lowest BCUT2D eigenvalue weighted by Gasteiger charge is -2.23. The molecule has 2 aliphatic rings. The highest BCUT2D eigenvalue weighted by atomic mass is 32.2. The van der Waals surface area contributed by atoms with Crippen molar-refractivity contribution in [3.63, 3.8) is 0 Å². The summed E-state index contributed by atoms with van der Waals surface area (Å²) in [5.74, 6) is 0.911. The first-order chi connectivity index (χ1) is 14.1. The Morgan fingerprint density at radius 3 is 2.79 bits per heavy atom. The van der Waals surface area contributed by atoms with Crippen molar-refractivity contribution in [3.05, 3.63) is 41.1 Å². The standard InChI is InChI=1S/C20H25N5O3S/c1-14-4-2-3-5-17(14)25-18(15-12-29-13-16(15)23-25)22-20(27)19(26)21-6-7-24-8-10-28-11-9-24/h2-5H,6-13H2,1H3,(H,21,26)(H,22,27)/p+1. The number of carbonyl (C=O) groups excluding carboxylic acids is 2. The van der Waals surface area contributed by atoms with Gasteiger partial charge in [0.15, 0.2) is 0 Å². The number of quaternary nitrogens is 1. The van der Waals surface area contributed by atoms with Gasteiger partial charge in [-0.15, -0.1) is 0 Å². The number of nitrogens with zero attached hydrogens (tertiary/aromatic N) is 2. The first-order valence-corrected chi connectivity index (χ1v) is 11.0. The number of morpholine rings is 1. The topological polar surface area (TPSA) is 89.7 Å². The third-order valence-corrected chi connectivity index (χ3v) is 6.27. The van der Waals surface area contributed by atoms with Crippen LogP contribution in [0.3, 0.4) is 0 Å². The summed E-state index contributed by atoms with van der Waals surface area (Å²) in [4.78, 5) is 26.3. The minimum atomic E-state index is -0.656. The average Bonchev–Trinajstić information content (AvgIpc) is 3.32. The third kappa shape index (κ3) is 4.47. The van der Waals surface area contributed by atoms with Gasteiger partial charge in [-0.05, 0) is 18.6 Å². The Hall–Kier alpha value is -2.36. The van der Waals surface area contributed by atoms with E-state index in [1.165, 1.54) is 4.90 Å². The van der Waals surface area contributed by atoms with Crippen molar-refractivity contribution in [2.45, 2.75) is 18.4 Å². The van der Waals surface area contributed by atoms with Gasteiger partial charge >= 0.3 is 11.8 Å². The van der Waals surface area contributed by atoms with E-state index >= 15 is 0 Å². The second kappa shape index (κ2) is 8.98. The average molecular weight is 417 g/mol. The smallest absolute Gasteiger partial charge is 0.314 e. The van der Waals surface area contributed by atoms with Crippen LogP contribution in [0.2, 0.25) is 0 Å². The van der Waals surface area contributed by atoms with E-state index in [4.69, 9.17) is 9.84 Å². The largest absolute Gasteiger partial charge is 0.370 e. The van der Waals surface area contributed by atoms with Crippen LogP contribution in [-0.2, 0) is 25.8 Å². The summed E-state index contributed by atoms with van der Waals surface area (Å²) in [7, 11) is 0. The molecule has 3 heterocycles. The molecule has 0 radical (unpaired) electrons. The number of anilines is 1. The highest BCUT2D eigenvalue weighted by molar-refractivity contribution is 7.98. The van der Waals surface area contributed by atoms with Crippen LogP contribution in [0.15, 0.2) is 24.3 Å². The summed E-state index contributed by atoms with van der Waals surface area (Å²) < 4.78 is 7.09. The molecule has 1 fully saturated rings. The van der Waals surface area contributed by atoms with Crippen LogP contribution in [0, 0.1) is 6.92 Å². The molecule has 154 valence electrons. The molecule has 9 heteroatoms. The van der Waals surface area contributed by atoms with Gasteiger partial charge in [0, 0.05) is 17.1 Å². The predicted molar refractivity (Wildman–Crippen MR) is 111 cm³/mol. The van der Waals surface area contributed by atoms with Crippen LogP contribution in [-0.4, -0.2) is 61.0 Å². The number of nitrogens with one attached hydrogen (secondary N) is 3. The van der Waals surface area contributed by atoms with Gasteiger partial charge in [0.2, 0.25) is 0 Å². The molecule has 0 spiro atoms. The quantitative estimate of drug-likeness (QED) is 0.593. The first kappa shape index (κ1) is 19.9. The van der Waals surface area contributed by atoms with E-state index in [1.807, 2.05) is 31.2 Å². The van der Waals surface area contributed by atoms with Gasteiger partial charge in [0.05, 0.1) is 37.7 Å². The van der Waals surface area contributed by atoms with E-state index in [-0.39, 0.29) is 0 Å². The van der Waals surface area contributed by atoms with Crippen LogP contribution in [0.4, 0.5) is 5.82 Å². The van der Waals surface area contributed by atoms with Gasteiger partial charge in [-0.3, -0.25) is 9.59 Å². The fraction of sp³-hybridized carbons (Fsp3) is 0.450. The molecule has 2 amide bonds. The number of benzene rings is 1. The minimum absolute atomic E-state index is 0.465. The zero-order chi connectivity index (χ0) is 20.2. The van der Waals surface area contributed by atoms with Gasteiger partial charge < -0.3 is 20.3 Å². The molecule has 0 aliphatic carbocycles. The number of fused-ring (bicyclic) bond motifs is 1. The summed E-state index contributed by atoms with van der Waals surface area (Å²) >= 11 is 1.76. The van der Waals surface area contributed by atoms with Crippen LogP contribution in [0.1, 0.15) is 16.8 Å². The van der Waals surface area contributed by atoms with Crippen molar-refractivity contribution in [2.24, 2.45) is 0 Å². The number of ether oxygens (including phenoxy) is 1. The molecule has 3 N–H and O–H groups in total. The lowest BCUT2D eigenvalue weighted by Crippen LogP contribution is -3.14. The van der Waals surface area contributed by atoms with E-state index in [0.29, 0.717) is 12.4 Å². The highest BCUT2D eigenvalue weighted by Crippen LogP contribution is 2.36. The van der Waals surface area contributed by atoms with Crippen molar-refractivity contribution in [2.75, 3.05) is 44.7 Å². The van der Waals surface area contributed by atoms with E-state index in [0.717, 1.165) is 66.9 Å². The number of thioether (sulfide) groups is 1. The molecule has 4 rings (SSSR count). The Bertz CT molecular complexity index is 908. The molecule has 0 bridgehead atoms. The summed E-state index contributed by atoms with van der Waals surface area (Å²) in [5, 5.41) is 10.2. The van der Waals surface area contributed by atoms with Crippen LogP contribution in [0.25, 0.3) is 5.69 Å². The van der Waals surface area contributed by atoms with Crippen molar-refractivity contribution in [3.8, 4) is 5.69 Å². The number of rotatable bonds is 5. The van der Waals surface area contributed by atoms with Crippen LogP contribution in [0.5, 0.6) is 0 Å². The molecule has 0 unspecified atom stereocenters. The van der Waals surface area contributed by atoms with Crippen molar-refractivity contribution in [1.29, 1.82) is 0 Å². The number of para-hydroxylation sites is 1. The van der Waals surface area contributed by atoms with Gasteiger partial charge in [-0.1, -0.05) is 18.2 Å². The van der Waals surface area contributed by atoms with E-state index in [9.17, 15) is 9.59 Å². The number of carbonyl (C=O) groups is 2. The molecule has 0 atom stereocenters. The van der Waals surface area contributed by atoms with E-state index in [1.54, 1.807) is 16.4 Å². The molecule has 2 aliphatic heterocycles. The second-order valence-corrected chi connectivity index (χ2v) is 8.27. The van der Waals surface area contributed by atoms with Crippen molar-refractivity contribution < 1.29 is 19.2 Å². The van der Waals surface area contributed by atoms with Gasteiger partial charge in [0.25, 0.3) is 0 Å². The van der Waals surface area contributed by atoms with Gasteiger partial charge in [-0.25, -0.2) is 4.68 Å². The second-order valence-electron chi connectivity index (χ2n) is 7.29. The normalized spacial score (nSPS) is 16.4. The van der Waals surface area contributed by atoms with Gasteiger partial charge in [-0.2, -0.15) is 16.9 Å². The number of aromatic nitrogens is 2. The molecular weight excluding hydrogens is 390 g/mol. The monoisotopic (exact) mass is 416 g/mol. The lowest BCUT2D eigenvalue weighted by atomic mass is 10.2. The molecule has 1 aromatic carbocycles. The number of aryl methyl sites for hydroxylation is 1. The SMILES string of the molecule is Cc1ccccc1-n1nc2c(c1NC(=O)C(=O)NCC[NH+]1CCOCC1)CSC2. The maximum Gasteiger partial charge on any atom is 0.314 e. The highest BCUT2D eigenvalue weighted by Gasteiger charge is 2.27. The number of hydrogen-bond acceptors (Lipinski definition) is 5. The fourth-order valence-corrected chi connectivity index (χ4v) is 4.66. The number of amides is 2. The zero-order valence-corrected chi connectivity index (χ0v) is 17.3. The van der Waals surface area contributed by atoms with Gasteiger partial charge in [0.1, 0.15) is 18.9 Å². The fourth-order valence-electron chi connectivity index (χ4n) is 3.62. The van der Waals surface area contributed by atoms with Crippen molar-refractivity contribution >= 4 is 29.4 Å². The van der Waals surface area contributed by atoms with Crippen LogP contribution < -0.4 is 15.5 Å². The Morgan fingerprint density at radius 1 is 1.21 bits per heavy atom.